The molecule has 1 heterocycles. The molecule has 2 N–H and O–H groups in total. The van der Waals surface area contributed by atoms with Crippen LogP contribution in [0.1, 0.15) is 17.7 Å². The van der Waals surface area contributed by atoms with Crippen molar-refractivity contribution in [2.45, 2.75) is 18.2 Å². The second-order valence-electron chi connectivity index (χ2n) is 2.82. The first-order valence-electron chi connectivity index (χ1n) is 3.71. The van der Waals surface area contributed by atoms with Gasteiger partial charge in [0.05, 0.1) is 0 Å². The average molecular weight is 348 g/mol. The van der Waals surface area contributed by atoms with Crippen molar-refractivity contribution in [3.8, 4) is 0 Å². The predicted molar refractivity (Wildman–Crippen MR) is 58.0 cm³/mol. The molecule has 0 atom stereocenters. The highest BCUT2D eigenvalue weighted by Gasteiger charge is 2.25. The molecule has 0 aliphatic rings. The highest BCUT2D eigenvalue weighted by Crippen LogP contribution is 2.29. The van der Waals surface area contributed by atoms with Crippen LogP contribution < -0.4 is 5.14 Å². The fourth-order valence-electron chi connectivity index (χ4n) is 0.999. The number of pyridine rings is 1. The van der Waals surface area contributed by atoms with E-state index in [1.54, 1.807) is 29.5 Å². The summed E-state index contributed by atoms with van der Waals surface area (Å²) >= 11 is 1.66. The number of aromatic nitrogens is 1. The number of primary sulfonamides is 1. The maximum atomic E-state index is 12.5. The minimum absolute atomic E-state index is 0.181. The van der Waals surface area contributed by atoms with Gasteiger partial charge in [0, 0.05) is 9.77 Å². The van der Waals surface area contributed by atoms with Crippen molar-refractivity contribution < 1.29 is 17.2 Å². The third-order valence-electron chi connectivity index (χ3n) is 1.67. The van der Waals surface area contributed by atoms with E-state index in [0.717, 1.165) is 0 Å². The highest BCUT2D eigenvalue weighted by atomic mass is 127. The number of aryl methyl sites for hydroxylation is 1. The lowest BCUT2D eigenvalue weighted by molar-refractivity contribution is 0.142. The Balaban J connectivity index is 3.65. The Hall–Kier alpha value is -0.350. The van der Waals surface area contributed by atoms with E-state index in [9.17, 15) is 17.2 Å². The van der Waals surface area contributed by atoms with Crippen LogP contribution in [0, 0.1) is 10.5 Å². The number of sulfonamides is 1. The van der Waals surface area contributed by atoms with E-state index in [0.29, 0.717) is 5.56 Å². The van der Waals surface area contributed by atoms with Crippen LogP contribution in [0.5, 0.6) is 0 Å². The van der Waals surface area contributed by atoms with Gasteiger partial charge in [0.25, 0.3) is 6.43 Å². The van der Waals surface area contributed by atoms with E-state index in [1.165, 1.54) is 6.20 Å². The van der Waals surface area contributed by atoms with Crippen LogP contribution in [0.3, 0.4) is 0 Å². The van der Waals surface area contributed by atoms with Crippen molar-refractivity contribution >= 4 is 32.6 Å². The van der Waals surface area contributed by atoms with Crippen LogP contribution in [-0.4, -0.2) is 13.4 Å². The van der Waals surface area contributed by atoms with Gasteiger partial charge in [-0.2, -0.15) is 0 Å². The molecule has 84 valence electrons. The molecule has 15 heavy (non-hydrogen) atoms. The van der Waals surface area contributed by atoms with Gasteiger partial charge in [-0.15, -0.1) is 0 Å². The van der Waals surface area contributed by atoms with Crippen LogP contribution in [-0.2, 0) is 10.0 Å². The zero-order chi connectivity index (χ0) is 11.8. The summed E-state index contributed by atoms with van der Waals surface area (Å²) in [6, 6.07) is 0. The Kier molecular flexibility index (Phi) is 3.61. The second kappa shape index (κ2) is 4.26. The normalized spacial score (nSPS) is 12.1. The van der Waals surface area contributed by atoms with Crippen molar-refractivity contribution in [2.75, 3.05) is 0 Å². The molecule has 0 aromatic carbocycles. The SMILES string of the molecule is Cc1cnc(C(F)F)c(S(N)(=O)=O)c1I. The predicted octanol–water partition coefficient (Wildman–Crippen LogP) is 1.58. The van der Waals surface area contributed by atoms with Gasteiger partial charge in [0.15, 0.2) is 0 Å². The largest absolute Gasteiger partial charge is 0.281 e. The van der Waals surface area contributed by atoms with Crippen molar-refractivity contribution in [2.24, 2.45) is 5.14 Å². The van der Waals surface area contributed by atoms with E-state index in [1.807, 2.05) is 0 Å². The number of nitrogens with two attached hydrogens (primary N) is 1. The molecule has 0 aliphatic heterocycles. The summed E-state index contributed by atoms with van der Waals surface area (Å²) in [6.07, 6.45) is -1.77. The Labute approximate surface area is 99.1 Å². The van der Waals surface area contributed by atoms with E-state index < -0.39 is 27.0 Å². The minimum atomic E-state index is -4.18. The first-order chi connectivity index (χ1) is 6.75. The Bertz CT molecular complexity index is 490. The number of hydrogen-bond acceptors (Lipinski definition) is 3. The third-order valence-corrected chi connectivity index (χ3v) is 4.41. The van der Waals surface area contributed by atoms with Crippen LogP contribution in [0.2, 0.25) is 0 Å². The molecule has 0 saturated carbocycles. The van der Waals surface area contributed by atoms with Crippen LogP contribution in [0.4, 0.5) is 8.78 Å². The second-order valence-corrected chi connectivity index (χ2v) is 5.39. The molecule has 0 fully saturated rings. The average Bonchev–Trinajstić information content (AvgIpc) is 2.06. The summed E-state index contributed by atoms with van der Waals surface area (Å²) in [4.78, 5) is 2.81. The summed E-state index contributed by atoms with van der Waals surface area (Å²) in [5, 5.41) is 4.86. The summed E-state index contributed by atoms with van der Waals surface area (Å²) in [5.74, 6) is 0. The molecule has 0 radical (unpaired) electrons. The van der Waals surface area contributed by atoms with E-state index in [2.05, 4.69) is 4.98 Å². The lowest BCUT2D eigenvalue weighted by Crippen LogP contribution is -2.18. The van der Waals surface area contributed by atoms with Crippen LogP contribution in [0.15, 0.2) is 11.1 Å². The maximum Gasteiger partial charge on any atom is 0.281 e. The Morgan fingerprint density at radius 1 is 1.53 bits per heavy atom. The van der Waals surface area contributed by atoms with Crippen molar-refractivity contribution in [3.05, 3.63) is 21.0 Å². The topological polar surface area (TPSA) is 73.0 Å². The first-order valence-corrected chi connectivity index (χ1v) is 6.33. The first kappa shape index (κ1) is 12.7. The molecule has 1 aromatic rings. The molecule has 0 bridgehead atoms. The lowest BCUT2D eigenvalue weighted by Gasteiger charge is -2.09. The fraction of sp³-hybridized carbons (Fsp3) is 0.286. The third kappa shape index (κ3) is 2.61. The monoisotopic (exact) mass is 348 g/mol. The molecule has 8 heteroatoms. The Morgan fingerprint density at radius 3 is 2.47 bits per heavy atom. The van der Waals surface area contributed by atoms with Gasteiger partial charge >= 0.3 is 0 Å². The fourth-order valence-corrected chi connectivity index (χ4v) is 3.18. The van der Waals surface area contributed by atoms with Crippen LogP contribution in [0.25, 0.3) is 0 Å². The smallest absolute Gasteiger partial charge is 0.253 e. The minimum Gasteiger partial charge on any atom is -0.253 e. The molecule has 0 spiro atoms. The van der Waals surface area contributed by atoms with E-state index >= 15 is 0 Å². The number of nitrogens with zero attached hydrogens (tertiary/aromatic N) is 1. The van der Waals surface area contributed by atoms with E-state index in [-0.39, 0.29) is 3.57 Å². The molecule has 0 unspecified atom stereocenters. The molecule has 0 saturated heterocycles. The molecule has 1 aromatic heterocycles. The van der Waals surface area contributed by atoms with Gasteiger partial charge in [-0.3, -0.25) is 4.98 Å². The van der Waals surface area contributed by atoms with Gasteiger partial charge in [0.2, 0.25) is 10.0 Å². The van der Waals surface area contributed by atoms with Gasteiger partial charge < -0.3 is 0 Å². The number of alkyl halides is 2. The molecular weight excluding hydrogens is 341 g/mol. The van der Waals surface area contributed by atoms with Gasteiger partial charge in [-0.05, 0) is 35.1 Å². The standard InChI is InChI=1S/C7H7F2IN2O2S/c1-3-2-12-5(7(8)9)6(4(3)10)15(11,13)14/h2,7H,1H3,(H2,11,13,14). The number of hydrogen-bond donors (Lipinski definition) is 1. The van der Waals surface area contributed by atoms with Crippen LogP contribution >= 0.6 is 22.6 Å². The molecule has 1 rings (SSSR count). The molecule has 0 amide bonds. The summed E-state index contributed by atoms with van der Waals surface area (Å²) < 4.78 is 47.4. The van der Waals surface area contributed by atoms with E-state index in [4.69, 9.17) is 5.14 Å². The quantitative estimate of drug-likeness (QED) is 0.825. The van der Waals surface area contributed by atoms with Gasteiger partial charge in [-0.1, -0.05) is 0 Å². The van der Waals surface area contributed by atoms with Gasteiger partial charge in [0.1, 0.15) is 10.6 Å². The van der Waals surface area contributed by atoms with Crippen molar-refractivity contribution in [3.63, 3.8) is 0 Å². The number of halogens is 3. The lowest BCUT2D eigenvalue weighted by atomic mass is 10.3. The maximum absolute atomic E-state index is 12.5. The highest BCUT2D eigenvalue weighted by molar-refractivity contribution is 14.1. The molecule has 4 nitrogen and oxygen atoms in total. The zero-order valence-corrected chi connectivity index (χ0v) is 10.5. The molecular formula is C7H7F2IN2O2S. The summed E-state index contributed by atoms with van der Waals surface area (Å²) in [7, 11) is -4.18. The summed E-state index contributed by atoms with van der Waals surface area (Å²) in [5.41, 5.74) is -0.309. The summed E-state index contributed by atoms with van der Waals surface area (Å²) in [6.45, 7) is 1.57. The van der Waals surface area contributed by atoms with Crippen molar-refractivity contribution in [1.29, 1.82) is 0 Å². The van der Waals surface area contributed by atoms with Crippen molar-refractivity contribution in [1.82, 2.24) is 4.98 Å². The Morgan fingerprint density at radius 2 is 2.07 bits per heavy atom. The molecule has 0 aliphatic carbocycles. The number of rotatable bonds is 2. The van der Waals surface area contributed by atoms with Gasteiger partial charge in [-0.25, -0.2) is 22.3 Å². The zero-order valence-electron chi connectivity index (χ0n) is 7.54.